The largest absolute Gasteiger partial charge is 0.507 e. The number of methoxy groups -OCH3 is 1. The van der Waals surface area contributed by atoms with Crippen molar-refractivity contribution in [2.24, 2.45) is 0 Å². The molecule has 0 bridgehead atoms. The highest BCUT2D eigenvalue weighted by Gasteiger charge is 2.12. The third kappa shape index (κ3) is 2.68. The van der Waals surface area contributed by atoms with Gasteiger partial charge in [0.05, 0.1) is 24.9 Å². The van der Waals surface area contributed by atoms with Gasteiger partial charge in [0, 0.05) is 23.8 Å². The minimum absolute atomic E-state index is 0.113. The van der Waals surface area contributed by atoms with Gasteiger partial charge in [0.1, 0.15) is 11.5 Å². The normalized spacial score (nSPS) is 10.7. The average Bonchev–Trinajstić information content (AvgIpc) is 3.05. The van der Waals surface area contributed by atoms with Gasteiger partial charge in [-0.05, 0) is 12.1 Å². The Bertz CT molecular complexity index is 765. The highest BCUT2D eigenvalue weighted by Crippen LogP contribution is 2.23. The van der Waals surface area contributed by atoms with Crippen molar-refractivity contribution in [1.29, 1.82) is 0 Å². The summed E-state index contributed by atoms with van der Waals surface area (Å²) >= 11 is 1.53. The number of amides is 1. The highest BCUT2D eigenvalue weighted by molar-refractivity contribution is 7.15. The first-order valence-corrected chi connectivity index (χ1v) is 7.11. The number of imidazole rings is 1. The molecule has 6 nitrogen and oxygen atoms in total. The van der Waals surface area contributed by atoms with Crippen molar-refractivity contribution in [3.8, 4) is 11.5 Å². The Morgan fingerprint density at radius 2 is 2.38 bits per heavy atom. The number of carbonyl (C=O) groups excluding carboxylic acids is 1. The molecule has 2 N–H and O–H groups in total. The monoisotopic (exact) mass is 303 g/mol. The molecule has 2 heterocycles. The van der Waals surface area contributed by atoms with Gasteiger partial charge < -0.3 is 15.2 Å². The second-order valence-corrected chi connectivity index (χ2v) is 5.26. The van der Waals surface area contributed by atoms with Gasteiger partial charge in [0.2, 0.25) is 0 Å². The first-order chi connectivity index (χ1) is 10.2. The summed E-state index contributed by atoms with van der Waals surface area (Å²) < 4.78 is 6.88. The number of nitrogens with one attached hydrogen (secondary N) is 1. The summed E-state index contributed by atoms with van der Waals surface area (Å²) in [6.45, 7) is 0.304. The smallest absolute Gasteiger partial charge is 0.255 e. The zero-order valence-corrected chi connectivity index (χ0v) is 12.1. The van der Waals surface area contributed by atoms with Gasteiger partial charge in [-0.3, -0.25) is 9.20 Å². The molecule has 0 saturated carbocycles. The SMILES string of the molecule is COc1ccc(C(=O)NCc2cn3ccsc3n2)c(O)c1. The van der Waals surface area contributed by atoms with Crippen LogP contribution in [0.4, 0.5) is 0 Å². The van der Waals surface area contributed by atoms with Crippen molar-refractivity contribution < 1.29 is 14.6 Å². The number of aromatic nitrogens is 2. The molecule has 0 fully saturated rings. The lowest BCUT2D eigenvalue weighted by molar-refractivity contribution is 0.0948. The van der Waals surface area contributed by atoms with Crippen LogP contribution in [0.15, 0.2) is 36.0 Å². The number of thiazole rings is 1. The third-order valence-corrected chi connectivity index (χ3v) is 3.79. The fourth-order valence-corrected chi connectivity index (χ4v) is 2.68. The van der Waals surface area contributed by atoms with Crippen molar-refractivity contribution in [3.05, 3.63) is 47.2 Å². The number of rotatable bonds is 4. The number of carbonyl (C=O) groups is 1. The number of hydrogen-bond acceptors (Lipinski definition) is 5. The summed E-state index contributed by atoms with van der Waals surface area (Å²) in [7, 11) is 1.50. The molecule has 0 saturated heterocycles. The Balaban J connectivity index is 1.70. The highest BCUT2D eigenvalue weighted by atomic mass is 32.1. The predicted octanol–water partition coefficient (Wildman–Crippen LogP) is 2.04. The summed E-state index contributed by atoms with van der Waals surface area (Å²) in [5.74, 6) is 0.0302. The Morgan fingerprint density at radius 3 is 3.10 bits per heavy atom. The van der Waals surface area contributed by atoms with Crippen molar-refractivity contribution >= 4 is 22.2 Å². The molecule has 1 aromatic carbocycles. The number of benzene rings is 1. The quantitative estimate of drug-likeness (QED) is 0.773. The molecule has 0 aliphatic heterocycles. The molecule has 0 atom stereocenters. The minimum Gasteiger partial charge on any atom is -0.507 e. The molecule has 1 amide bonds. The van der Waals surface area contributed by atoms with E-state index >= 15 is 0 Å². The first-order valence-electron chi connectivity index (χ1n) is 6.23. The molecule has 2 aromatic heterocycles. The van der Waals surface area contributed by atoms with Gasteiger partial charge in [-0.2, -0.15) is 0 Å². The van der Waals surface area contributed by atoms with Gasteiger partial charge in [0.15, 0.2) is 4.96 Å². The summed E-state index contributed by atoms with van der Waals surface area (Å²) in [6.07, 6.45) is 3.77. The van der Waals surface area contributed by atoms with E-state index in [0.29, 0.717) is 12.3 Å². The van der Waals surface area contributed by atoms with Gasteiger partial charge in [-0.25, -0.2) is 4.98 Å². The molecule has 0 spiro atoms. The molecule has 0 aliphatic carbocycles. The predicted molar refractivity (Wildman–Crippen MR) is 78.9 cm³/mol. The van der Waals surface area contributed by atoms with E-state index < -0.39 is 0 Å². The Hall–Kier alpha value is -2.54. The lowest BCUT2D eigenvalue weighted by Gasteiger charge is -2.07. The van der Waals surface area contributed by atoms with E-state index in [0.717, 1.165) is 10.7 Å². The molecule has 0 unspecified atom stereocenters. The van der Waals surface area contributed by atoms with Crippen LogP contribution in [0.2, 0.25) is 0 Å². The fraction of sp³-hybridized carbons (Fsp3) is 0.143. The summed E-state index contributed by atoms with van der Waals surface area (Å²) in [6, 6.07) is 4.55. The lowest BCUT2D eigenvalue weighted by atomic mass is 10.2. The van der Waals surface area contributed by atoms with Crippen LogP contribution in [0, 0.1) is 0 Å². The molecule has 21 heavy (non-hydrogen) atoms. The Morgan fingerprint density at radius 1 is 1.52 bits per heavy atom. The van der Waals surface area contributed by atoms with E-state index in [-0.39, 0.29) is 17.2 Å². The van der Waals surface area contributed by atoms with Crippen molar-refractivity contribution in [3.63, 3.8) is 0 Å². The summed E-state index contributed by atoms with van der Waals surface area (Å²) in [5.41, 5.74) is 0.972. The number of ether oxygens (including phenoxy) is 1. The molecular formula is C14H13N3O3S. The summed E-state index contributed by atoms with van der Waals surface area (Å²) in [4.78, 5) is 17.3. The van der Waals surface area contributed by atoms with Crippen LogP contribution < -0.4 is 10.1 Å². The number of aromatic hydroxyl groups is 1. The van der Waals surface area contributed by atoms with Gasteiger partial charge >= 0.3 is 0 Å². The molecule has 0 aliphatic rings. The van der Waals surface area contributed by atoms with E-state index in [1.54, 1.807) is 6.07 Å². The minimum atomic E-state index is -0.355. The Kier molecular flexibility index (Phi) is 3.49. The van der Waals surface area contributed by atoms with E-state index in [4.69, 9.17) is 4.74 Å². The molecule has 3 rings (SSSR count). The van der Waals surface area contributed by atoms with E-state index in [9.17, 15) is 9.90 Å². The van der Waals surface area contributed by atoms with Crippen LogP contribution in [0.1, 0.15) is 16.1 Å². The van der Waals surface area contributed by atoms with Crippen LogP contribution in [0.25, 0.3) is 4.96 Å². The second kappa shape index (κ2) is 5.45. The number of phenolic OH excluding ortho intramolecular Hbond substituents is 1. The zero-order valence-electron chi connectivity index (χ0n) is 11.2. The van der Waals surface area contributed by atoms with E-state index in [1.165, 1.54) is 30.6 Å². The maximum absolute atomic E-state index is 12.0. The fourth-order valence-electron chi connectivity index (χ4n) is 1.96. The number of nitrogens with zero attached hydrogens (tertiary/aromatic N) is 2. The van der Waals surface area contributed by atoms with Crippen molar-refractivity contribution in [1.82, 2.24) is 14.7 Å². The van der Waals surface area contributed by atoms with Crippen molar-refractivity contribution in [2.45, 2.75) is 6.54 Å². The van der Waals surface area contributed by atoms with Crippen molar-refractivity contribution in [2.75, 3.05) is 7.11 Å². The number of fused-ring (bicyclic) bond motifs is 1. The topological polar surface area (TPSA) is 75.9 Å². The molecular weight excluding hydrogens is 290 g/mol. The van der Waals surface area contributed by atoms with Gasteiger partial charge in [-0.1, -0.05) is 0 Å². The van der Waals surface area contributed by atoms with Crippen LogP contribution in [-0.2, 0) is 6.54 Å². The molecule has 3 aromatic rings. The number of hydrogen-bond donors (Lipinski definition) is 2. The van der Waals surface area contributed by atoms with E-state index in [1.807, 2.05) is 22.2 Å². The van der Waals surface area contributed by atoms with Crippen LogP contribution in [0.3, 0.4) is 0 Å². The molecule has 7 heteroatoms. The maximum atomic E-state index is 12.0. The standard InChI is InChI=1S/C14H13N3O3S/c1-20-10-2-3-11(12(18)6-10)13(19)15-7-9-8-17-4-5-21-14(17)16-9/h2-6,8,18H,7H2,1H3,(H,15,19). The first kappa shape index (κ1) is 13.4. The van der Waals surface area contributed by atoms with Crippen LogP contribution >= 0.6 is 11.3 Å². The van der Waals surface area contributed by atoms with Crippen LogP contribution in [-0.4, -0.2) is 27.5 Å². The maximum Gasteiger partial charge on any atom is 0.255 e. The number of phenols is 1. The van der Waals surface area contributed by atoms with Gasteiger partial charge in [-0.15, -0.1) is 11.3 Å². The third-order valence-electron chi connectivity index (χ3n) is 3.02. The molecule has 108 valence electrons. The Labute approximate surface area is 124 Å². The zero-order chi connectivity index (χ0) is 14.8. The average molecular weight is 303 g/mol. The second-order valence-electron chi connectivity index (χ2n) is 4.39. The van der Waals surface area contributed by atoms with E-state index in [2.05, 4.69) is 10.3 Å². The lowest BCUT2D eigenvalue weighted by Crippen LogP contribution is -2.23. The van der Waals surface area contributed by atoms with Crippen LogP contribution in [0.5, 0.6) is 11.5 Å². The summed E-state index contributed by atoms with van der Waals surface area (Å²) in [5, 5.41) is 14.5. The van der Waals surface area contributed by atoms with Gasteiger partial charge in [0.25, 0.3) is 5.91 Å². The molecule has 0 radical (unpaired) electrons.